The van der Waals surface area contributed by atoms with Gasteiger partial charge in [0.15, 0.2) is 6.61 Å². The van der Waals surface area contributed by atoms with E-state index in [0.717, 1.165) is 0 Å². The number of aromatic nitrogens is 3. The summed E-state index contributed by atoms with van der Waals surface area (Å²) in [6, 6.07) is 9.79. The second kappa shape index (κ2) is 7.69. The quantitative estimate of drug-likeness (QED) is 0.620. The lowest BCUT2D eigenvalue weighted by Gasteiger charge is -2.17. The fourth-order valence-electron chi connectivity index (χ4n) is 2.75. The fraction of sp³-hybridized carbons (Fsp3) is 0.167. The maximum absolute atomic E-state index is 13.0. The number of hydrogen-bond donors (Lipinski definition) is 2. The highest BCUT2D eigenvalue weighted by Crippen LogP contribution is 2.31. The van der Waals surface area contributed by atoms with Crippen LogP contribution in [-0.2, 0) is 14.8 Å². The second-order valence-electron chi connectivity index (χ2n) is 5.98. The number of sulfonamides is 1. The minimum absolute atomic E-state index is 0.00752. The fourth-order valence-corrected chi connectivity index (χ4v) is 4.06. The lowest BCUT2D eigenvalue weighted by atomic mass is 10.1. The molecule has 3 rings (SSSR count). The van der Waals surface area contributed by atoms with Gasteiger partial charge in [0.25, 0.3) is 10.0 Å². The highest BCUT2D eigenvalue weighted by molar-refractivity contribution is 7.92. The molecule has 0 saturated carbocycles. The number of nitrogens with zero attached hydrogens (tertiary/aromatic N) is 3. The Morgan fingerprint density at radius 1 is 1.21 bits per heavy atom. The first-order chi connectivity index (χ1) is 13.3. The number of rotatable bonds is 7. The Kier molecular flexibility index (Phi) is 5.32. The first kappa shape index (κ1) is 19.4. The lowest BCUT2D eigenvalue weighted by molar-refractivity contribution is -0.139. The van der Waals surface area contributed by atoms with Gasteiger partial charge >= 0.3 is 5.97 Å². The van der Waals surface area contributed by atoms with E-state index in [2.05, 4.69) is 14.8 Å². The standard InChI is InChI=1S/C18H18N4O5S/c1-12-7-8-16(13(2)18(12)27-9-17(23)24)28(25,26)21-14-5-3-4-6-15(14)22-11-19-10-20-22/h3-8,10-11,21H,9H2,1-2H3,(H,23,24). The molecule has 0 bridgehead atoms. The summed E-state index contributed by atoms with van der Waals surface area (Å²) < 4.78 is 35.3. The molecule has 2 N–H and O–H groups in total. The van der Waals surface area contributed by atoms with Crippen LogP contribution in [0.15, 0.2) is 53.9 Å². The molecule has 1 heterocycles. The lowest BCUT2D eigenvalue weighted by Crippen LogP contribution is -2.17. The van der Waals surface area contributed by atoms with Crippen LogP contribution in [0.1, 0.15) is 11.1 Å². The Morgan fingerprint density at radius 3 is 2.64 bits per heavy atom. The predicted molar refractivity (Wildman–Crippen MR) is 101 cm³/mol. The normalized spacial score (nSPS) is 11.2. The molecule has 0 aliphatic heterocycles. The molecule has 3 aromatic rings. The van der Waals surface area contributed by atoms with Gasteiger partial charge in [-0.1, -0.05) is 18.2 Å². The Bertz CT molecular complexity index is 1110. The number of nitrogens with one attached hydrogen (secondary N) is 1. The molecular formula is C18H18N4O5S. The Hall–Kier alpha value is -3.40. The summed E-state index contributed by atoms with van der Waals surface area (Å²) in [5.74, 6) is -0.915. The number of hydrogen-bond acceptors (Lipinski definition) is 6. The number of ether oxygens (including phenoxy) is 1. The minimum Gasteiger partial charge on any atom is -0.481 e. The van der Waals surface area contributed by atoms with Crippen LogP contribution >= 0.6 is 0 Å². The van der Waals surface area contributed by atoms with E-state index in [-0.39, 0.29) is 10.6 Å². The summed E-state index contributed by atoms with van der Waals surface area (Å²) in [7, 11) is -3.97. The van der Waals surface area contributed by atoms with Gasteiger partial charge in [-0.25, -0.2) is 22.9 Å². The Morgan fingerprint density at radius 2 is 1.96 bits per heavy atom. The van der Waals surface area contributed by atoms with Crippen LogP contribution in [0, 0.1) is 13.8 Å². The third-order valence-corrected chi connectivity index (χ3v) is 5.51. The van der Waals surface area contributed by atoms with Crippen LogP contribution in [0.3, 0.4) is 0 Å². The molecule has 0 spiro atoms. The third kappa shape index (κ3) is 3.96. The molecular weight excluding hydrogens is 384 g/mol. The van der Waals surface area contributed by atoms with Gasteiger partial charge in [0, 0.05) is 5.56 Å². The van der Waals surface area contributed by atoms with Gasteiger partial charge in [0.05, 0.1) is 16.3 Å². The van der Waals surface area contributed by atoms with Crippen molar-refractivity contribution in [1.29, 1.82) is 0 Å². The van der Waals surface area contributed by atoms with Crippen LogP contribution in [0.5, 0.6) is 5.75 Å². The Labute approximate surface area is 161 Å². The van der Waals surface area contributed by atoms with E-state index in [0.29, 0.717) is 22.5 Å². The van der Waals surface area contributed by atoms with Crippen LogP contribution in [0.25, 0.3) is 5.69 Å². The largest absolute Gasteiger partial charge is 0.481 e. The number of aryl methyl sites for hydroxylation is 1. The van der Waals surface area contributed by atoms with Crippen molar-refractivity contribution in [3.05, 3.63) is 60.2 Å². The predicted octanol–water partition coefficient (Wildman–Crippen LogP) is 2.15. The zero-order chi connectivity index (χ0) is 20.3. The highest BCUT2D eigenvalue weighted by Gasteiger charge is 2.22. The molecule has 0 unspecified atom stereocenters. The molecule has 2 aromatic carbocycles. The molecule has 10 heteroatoms. The van der Waals surface area contributed by atoms with Crippen molar-refractivity contribution >= 4 is 21.7 Å². The van der Waals surface area contributed by atoms with E-state index in [9.17, 15) is 13.2 Å². The summed E-state index contributed by atoms with van der Waals surface area (Å²) in [4.78, 5) is 14.7. The molecule has 146 valence electrons. The maximum Gasteiger partial charge on any atom is 0.341 e. The van der Waals surface area contributed by atoms with E-state index in [4.69, 9.17) is 9.84 Å². The summed E-state index contributed by atoms with van der Waals surface area (Å²) >= 11 is 0. The summed E-state index contributed by atoms with van der Waals surface area (Å²) in [6.07, 6.45) is 2.81. The van der Waals surface area contributed by atoms with Gasteiger partial charge in [-0.15, -0.1) is 0 Å². The van der Waals surface area contributed by atoms with Crippen molar-refractivity contribution in [2.24, 2.45) is 0 Å². The van der Waals surface area contributed by atoms with E-state index >= 15 is 0 Å². The van der Waals surface area contributed by atoms with E-state index < -0.39 is 22.6 Å². The number of carboxylic acid groups (broad SMARTS) is 1. The number of carboxylic acids is 1. The number of aliphatic carboxylic acids is 1. The van der Waals surface area contributed by atoms with E-state index in [1.54, 1.807) is 44.2 Å². The molecule has 28 heavy (non-hydrogen) atoms. The van der Waals surface area contributed by atoms with Crippen molar-refractivity contribution in [2.75, 3.05) is 11.3 Å². The molecule has 0 amide bonds. The van der Waals surface area contributed by atoms with Crippen LogP contribution in [-0.4, -0.2) is 40.9 Å². The molecule has 0 saturated heterocycles. The number of benzene rings is 2. The van der Waals surface area contributed by atoms with E-state index in [1.165, 1.54) is 23.4 Å². The number of anilines is 1. The average Bonchev–Trinajstić information content (AvgIpc) is 3.15. The van der Waals surface area contributed by atoms with Crippen LogP contribution in [0.4, 0.5) is 5.69 Å². The maximum atomic E-state index is 13.0. The highest BCUT2D eigenvalue weighted by atomic mass is 32.2. The summed E-state index contributed by atoms with van der Waals surface area (Å²) in [5.41, 5.74) is 1.80. The molecule has 1 aromatic heterocycles. The Balaban J connectivity index is 1.99. The zero-order valence-electron chi connectivity index (χ0n) is 15.2. The molecule has 0 fully saturated rings. The molecule has 0 atom stereocenters. The average molecular weight is 402 g/mol. The van der Waals surface area contributed by atoms with Crippen molar-refractivity contribution in [2.45, 2.75) is 18.7 Å². The van der Waals surface area contributed by atoms with Crippen LogP contribution in [0.2, 0.25) is 0 Å². The van der Waals surface area contributed by atoms with E-state index in [1.807, 2.05) is 0 Å². The SMILES string of the molecule is Cc1ccc(S(=O)(=O)Nc2ccccc2-n2cncn2)c(C)c1OCC(=O)O. The molecule has 0 aliphatic rings. The van der Waals surface area contributed by atoms with Crippen molar-refractivity contribution in [3.63, 3.8) is 0 Å². The smallest absolute Gasteiger partial charge is 0.341 e. The van der Waals surface area contributed by atoms with Gasteiger partial charge < -0.3 is 9.84 Å². The monoisotopic (exact) mass is 402 g/mol. The first-order valence-corrected chi connectivity index (χ1v) is 9.69. The number of carbonyl (C=O) groups is 1. The van der Waals surface area contributed by atoms with Crippen molar-refractivity contribution in [3.8, 4) is 11.4 Å². The minimum atomic E-state index is -3.97. The van der Waals surface area contributed by atoms with Gasteiger partial charge in [-0.05, 0) is 37.6 Å². The topological polar surface area (TPSA) is 123 Å². The molecule has 0 radical (unpaired) electrons. The first-order valence-electron chi connectivity index (χ1n) is 8.21. The van der Waals surface area contributed by atoms with Gasteiger partial charge in [0.2, 0.25) is 0 Å². The van der Waals surface area contributed by atoms with Crippen LogP contribution < -0.4 is 9.46 Å². The zero-order valence-corrected chi connectivity index (χ0v) is 16.0. The molecule has 0 aliphatic carbocycles. The number of para-hydroxylation sites is 2. The van der Waals surface area contributed by atoms with Crippen molar-refractivity contribution < 1.29 is 23.1 Å². The van der Waals surface area contributed by atoms with Crippen molar-refractivity contribution in [1.82, 2.24) is 14.8 Å². The van der Waals surface area contributed by atoms with Gasteiger partial charge in [-0.3, -0.25) is 4.72 Å². The second-order valence-corrected chi connectivity index (χ2v) is 7.63. The summed E-state index contributed by atoms with van der Waals surface area (Å²) in [6.45, 7) is 2.73. The van der Waals surface area contributed by atoms with Gasteiger partial charge in [0.1, 0.15) is 18.4 Å². The third-order valence-electron chi connectivity index (χ3n) is 4.00. The van der Waals surface area contributed by atoms with Gasteiger partial charge in [-0.2, -0.15) is 5.10 Å². The molecule has 9 nitrogen and oxygen atoms in total. The summed E-state index contributed by atoms with van der Waals surface area (Å²) in [5, 5.41) is 12.9.